The molecule has 8 nitrogen and oxygen atoms in total. The molecule has 37 heavy (non-hydrogen) atoms. The molecule has 0 radical (unpaired) electrons. The van der Waals surface area contributed by atoms with E-state index in [1.807, 2.05) is 37.4 Å². The van der Waals surface area contributed by atoms with Crippen LogP contribution >= 0.6 is 11.6 Å². The molecule has 0 aromatic heterocycles. The van der Waals surface area contributed by atoms with Crippen molar-refractivity contribution in [1.82, 2.24) is 0 Å². The molecule has 0 aliphatic carbocycles. The Balaban J connectivity index is 0.000000278. The zero-order chi connectivity index (χ0) is 27.5. The summed E-state index contributed by atoms with van der Waals surface area (Å²) in [6, 6.07) is 24.4. The van der Waals surface area contributed by atoms with Crippen LogP contribution < -0.4 is 15.5 Å². The van der Waals surface area contributed by atoms with Gasteiger partial charge in [-0.05, 0) is 66.9 Å². The monoisotopic (exact) mass is 526 g/mol. The Bertz CT molecular complexity index is 1060. The largest absolute Gasteiger partial charge is 0.465 e. The summed E-state index contributed by atoms with van der Waals surface area (Å²) in [5.74, 6) is 0.749. The van der Waals surface area contributed by atoms with Gasteiger partial charge in [-0.3, -0.25) is 10.7 Å². The molecule has 198 valence electrons. The third kappa shape index (κ3) is 12.6. The van der Waals surface area contributed by atoms with Crippen LogP contribution in [0.25, 0.3) is 0 Å². The quantitative estimate of drug-likeness (QED) is 0.253. The van der Waals surface area contributed by atoms with E-state index in [-0.39, 0.29) is 0 Å². The van der Waals surface area contributed by atoms with E-state index in [4.69, 9.17) is 27.2 Å². The molecule has 1 amide bonds. The van der Waals surface area contributed by atoms with Crippen molar-refractivity contribution in [3.05, 3.63) is 89.4 Å². The molecular formula is C28H35ClN4O4. The van der Waals surface area contributed by atoms with Gasteiger partial charge in [0, 0.05) is 55.6 Å². The Morgan fingerprint density at radius 3 is 2.08 bits per heavy atom. The number of aldehydes is 1. The van der Waals surface area contributed by atoms with Crippen LogP contribution in [0.3, 0.4) is 0 Å². The number of rotatable bonds is 5. The maximum Gasteiger partial charge on any atom is 0.409 e. The Morgan fingerprint density at radius 2 is 1.57 bits per heavy atom. The van der Waals surface area contributed by atoms with E-state index in [1.54, 1.807) is 24.3 Å². The van der Waals surface area contributed by atoms with Crippen LogP contribution in [-0.4, -0.2) is 49.1 Å². The van der Waals surface area contributed by atoms with Crippen molar-refractivity contribution in [3.63, 3.8) is 0 Å². The smallest absolute Gasteiger partial charge is 0.409 e. The summed E-state index contributed by atoms with van der Waals surface area (Å²) >= 11 is 5.57. The number of amidine groups is 1. The molecule has 0 unspecified atom stereocenters. The molecule has 9 heteroatoms. The number of carbonyl (C=O) groups is 2. The van der Waals surface area contributed by atoms with Crippen LogP contribution in [0.2, 0.25) is 5.02 Å². The minimum atomic E-state index is -1.08. The lowest BCUT2D eigenvalue weighted by Gasteiger charge is -2.29. The average molecular weight is 527 g/mol. The van der Waals surface area contributed by atoms with Crippen molar-refractivity contribution in [2.45, 2.75) is 25.7 Å². The zero-order valence-corrected chi connectivity index (χ0v) is 21.9. The lowest BCUT2D eigenvalue weighted by atomic mass is 10.1. The number of hydrogen-bond donors (Lipinski definition) is 5. The number of carboxylic acid groups (broad SMARTS) is 1. The third-order valence-electron chi connectivity index (χ3n) is 5.10. The summed E-state index contributed by atoms with van der Waals surface area (Å²) < 4.78 is 0. The Kier molecular flexibility index (Phi) is 15.5. The Labute approximate surface area is 223 Å². The molecule has 1 heterocycles. The van der Waals surface area contributed by atoms with Crippen LogP contribution in [0, 0.1) is 5.41 Å². The van der Waals surface area contributed by atoms with Gasteiger partial charge in [0.15, 0.2) is 0 Å². The lowest BCUT2D eigenvalue weighted by molar-refractivity contribution is -0.107. The molecule has 5 N–H and O–H groups in total. The minimum Gasteiger partial charge on any atom is -0.465 e. The van der Waals surface area contributed by atoms with Gasteiger partial charge in [0.05, 0.1) is 0 Å². The van der Waals surface area contributed by atoms with Crippen molar-refractivity contribution in [1.29, 1.82) is 5.41 Å². The Hall–Kier alpha value is -3.88. The highest BCUT2D eigenvalue weighted by molar-refractivity contribution is 6.30. The van der Waals surface area contributed by atoms with Gasteiger partial charge in [-0.1, -0.05) is 41.9 Å². The standard InChI is InChI=1S/C12H17N3.C8H8O.C7H6ClNO2.CH4O/c1-14-10-5-7-11(8-6-10)15-9-3-2-4-12(15)13;9-7-6-8-4-2-1-3-5-8;8-5-1-3-6(4-2-5)9-7(10)11;1-2/h5-8,13-14H,2-4,9H2,1H3;1-5,7H,6H2;1-4,9H,(H,10,11);2H,1H3. The molecule has 1 aliphatic heterocycles. The first-order valence-electron chi connectivity index (χ1n) is 11.7. The predicted molar refractivity (Wildman–Crippen MR) is 152 cm³/mol. The van der Waals surface area contributed by atoms with Gasteiger partial charge in [0.25, 0.3) is 0 Å². The number of aliphatic hydroxyl groups is 1. The number of hydrogen-bond acceptors (Lipinski definition) is 5. The highest BCUT2D eigenvalue weighted by Crippen LogP contribution is 2.22. The van der Waals surface area contributed by atoms with E-state index in [2.05, 4.69) is 39.8 Å². The van der Waals surface area contributed by atoms with E-state index in [0.29, 0.717) is 17.1 Å². The van der Waals surface area contributed by atoms with Gasteiger partial charge in [0.1, 0.15) is 12.1 Å². The maximum absolute atomic E-state index is 10.1. The first-order valence-corrected chi connectivity index (χ1v) is 12.1. The number of carbonyl (C=O) groups excluding carboxylic acids is 1. The van der Waals surface area contributed by atoms with Crippen LogP contribution in [0.4, 0.5) is 21.9 Å². The highest BCUT2D eigenvalue weighted by atomic mass is 35.5. The number of amides is 1. The molecule has 3 aromatic rings. The van der Waals surface area contributed by atoms with Crippen molar-refractivity contribution < 1.29 is 19.8 Å². The van der Waals surface area contributed by atoms with Crippen molar-refractivity contribution in [2.75, 3.05) is 36.2 Å². The van der Waals surface area contributed by atoms with Crippen LogP contribution in [0.5, 0.6) is 0 Å². The fraction of sp³-hybridized carbons (Fsp3) is 0.250. The predicted octanol–water partition coefficient (Wildman–Crippen LogP) is 6.16. The molecule has 3 aromatic carbocycles. The molecule has 0 saturated carbocycles. The number of benzene rings is 3. The number of piperidine rings is 1. The minimum absolute atomic E-state index is 0.516. The third-order valence-corrected chi connectivity index (χ3v) is 5.35. The van der Waals surface area contributed by atoms with E-state index in [9.17, 15) is 9.59 Å². The highest BCUT2D eigenvalue weighted by Gasteiger charge is 2.15. The summed E-state index contributed by atoms with van der Waals surface area (Å²) in [5, 5.41) is 29.1. The van der Waals surface area contributed by atoms with Gasteiger partial charge in [-0.15, -0.1) is 0 Å². The molecule has 0 bridgehead atoms. The molecule has 4 rings (SSSR count). The normalized spacial score (nSPS) is 11.8. The fourth-order valence-corrected chi connectivity index (χ4v) is 3.42. The van der Waals surface area contributed by atoms with Crippen LogP contribution in [-0.2, 0) is 11.2 Å². The van der Waals surface area contributed by atoms with Crippen molar-refractivity contribution >= 4 is 46.9 Å². The van der Waals surface area contributed by atoms with Gasteiger partial charge < -0.3 is 25.2 Å². The summed E-state index contributed by atoms with van der Waals surface area (Å²) in [5.41, 5.74) is 3.84. The molecule has 1 saturated heterocycles. The van der Waals surface area contributed by atoms with Gasteiger partial charge in [-0.25, -0.2) is 4.79 Å². The fourth-order valence-electron chi connectivity index (χ4n) is 3.29. The second kappa shape index (κ2) is 18.4. The van der Waals surface area contributed by atoms with Gasteiger partial charge >= 0.3 is 6.09 Å². The second-order valence-corrected chi connectivity index (χ2v) is 8.08. The number of nitrogens with zero attached hydrogens (tertiary/aromatic N) is 1. The van der Waals surface area contributed by atoms with E-state index in [0.717, 1.165) is 55.6 Å². The van der Waals surface area contributed by atoms with Crippen LogP contribution in [0.15, 0.2) is 78.9 Å². The molecule has 0 spiro atoms. The van der Waals surface area contributed by atoms with Gasteiger partial charge in [-0.2, -0.15) is 0 Å². The molecule has 1 fully saturated rings. The lowest BCUT2D eigenvalue weighted by Crippen LogP contribution is -2.34. The Morgan fingerprint density at radius 1 is 0.973 bits per heavy atom. The summed E-state index contributed by atoms with van der Waals surface area (Å²) in [6.07, 6.45) is 3.62. The van der Waals surface area contributed by atoms with Crippen molar-refractivity contribution in [3.8, 4) is 0 Å². The van der Waals surface area contributed by atoms with E-state index in [1.165, 1.54) is 6.42 Å². The van der Waals surface area contributed by atoms with E-state index >= 15 is 0 Å². The SMILES string of the molecule is CNc1ccc(N2CCCCC2=N)cc1.CO.O=C(O)Nc1ccc(Cl)cc1.O=CCc1ccccc1. The topological polar surface area (TPSA) is 126 Å². The molecule has 0 atom stereocenters. The molecular weight excluding hydrogens is 492 g/mol. The number of aliphatic hydroxyl groups excluding tert-OH is 1. The zero-order valence-electron chi connectivity index (χ0n) is 21.2. The second-order valence-electron chi connectivity index (χ2n) is 7.65. The van der Waals surface area contributed by atoms with E-state index < -0.39 is 6.09 Å². The number of nitrogens with one attached hydrogen (secondary N) is 3. The number of halogens is 1. The molecule has 1 aliphatic rings. The van der Waals surface area contributed by atoms with Crippen molar-refractivity contribution in [2.24, 2.45) is 0 Å². The van der Waals surface area contributed by atoms with Gasteiger partial charge in [0.2, 0.25) is 0 Å². The summed E-state index contributed by atoms with van der Waals surface area (Å²) in [4.78, 5) is 22.2. The maximum atomic E-state index is 10.1. The average Bonchev–Trinajstić information content (AvgIpc) is 2.93. The number of anilines is 3. The summed E-state index contributed by atoms with van der Waals surface area (Å²) in [6.45, 7) is 0.984. The first-order chi connectivity index (χ1) is 17.9. The summed E-state index contributed by atoms with van der Waals surface area (Å²) in [7, 11) is 2.91. The van der Waals surface area contributed by atoms with Crippen LogP contribution in [0.1, 0.15) is 24.8 Å². The first kappa shape index (κ1) is 31.2.